The van der Waals surface area contributed by atoms with Crippen LogP contribution in [-0.2, 0) is 5.41 Å². The average Bonchev–Trinajstić information content (AvgIpc) is 3.16. The predicted octanol–water partition coefficient (Wildman–Crippen LogP) is 8.33. The second kappa shape index (κ2) is 7.60. The average molecular weight is 423 g/mol. The second-order valence-electron chi connectivity index (χ2n) is 9.16. The van der Waals surface area contributed by atoms with E-state index in [1.807, 2.05) is 0 Å². The summed E-state index contributed by atoms with van der Waals surface area (Å²) in [5.41, 5.74) is 12.7. The Hall–Kier alpha value is -3.90. The lowest BCUT2D eigenvalue weighted by Crippen LogP contribution is -2.28. The summed E-state index contributed by atoms with van der Waals surface area (Å²) in [6.07, 6.45) is 0. The van der Waals surface area contributed by atoms with Crippen molar-refractivity contribution in [1.82, 2.24) is 0 Å². The van der Waals surface area contributed by atoms with Crippen LogP contribution >= 0.6 is 0 Å². The molecular weight excluding hydrogens is 396 g/mol. The fraction of sp³-hybridized carbons (Fsp3) is 0.0909. The maximum absolute atomic E-state index is 2.40. The molecule has 0 heterocycles. The first-order valence-electron chi connectivity index (χ1n) is 11.6. The molecule has 0 amide bonds. The molecule has 0 unspecified atom stereocenters. The smallest absolute Gasteiger partial charge is 0.0619 e. The van der Waals surface area contributed by atoms with Crippen LogP contribution in [0.1, 0.15) is 33.4 Å². The number of hydrogen-bond donors (Lipinski definition) is 0. The van der Waals surface area contributed by atoms with Gasteiger partial charge >= 0.3 is 0 Å². The van der Waals surface area contributed by atoms with E-state index in [2.05, 4.69) is 135 Å². The van der Waals surface area contributed by atoms with Crippen molar-refractivity contribution in [2.45, 2.75) is 19.3 Å². The lowest BCUT2D eigenvalue weighted by molar-refractivity contribution is 0.768. The van der Waals surface area contributed by atoms with Gasteiger partial charge in [-0.05, 0) is 64.4 Å². The van der Waals surface area contributed by atoms with Crippen molar-refractivity contribution in [1.29, 1.82) is 0 Å². The van der Waals surface area contributed by atoms with Gasteiger partial charge in [0.1, 0.15) is 0 Å². The minimum Gasteiger partial charge on any atom is -0.0619 e. The van der Waals surface area contributed by atoms with Crippen LogP contribution in [0.2, 0.25) is 0 Å². The highest BCUT2D eigenvalue weighted by Crippen LogP contribution is 2.56. The van der Waals surface area contributed by atoms with Gasteiger partial charge in [-0.25, -0.2) is 0 Å². The third-order valence-corrected chi connectivity index (χ3v) is 7.08. The maximum Gasteiger partial charge on any atom is 0.0713 e. The van der Waals surface area contributed by atoms with Crippen LogP contribution < -0.4 is 0 Å². The van der Waals surface area contributed by atoms with Crippen molar-refractivity contribution in [2.24, 2.45) is 0 Å². The highest BCUT2D eigenvalue weighted by atomic mass is 14.5. The van der Waals surface area contributed by atoms with Gasteiger partial charge in [0.25, 0.3) is 0 Å². The Morgan fingerprint density at radius 2 is 1.00 bits per heavy atom. The molecule has 0 heteroatoms. The van der Waals surface area contributed by atoms with E-state index in [-0.39, 0.29) is 5.41 Å². The molecule has 0 N–H and O–H groups in total. The SMILES string of the molecule is Cc1ccc(C2(c3cccc(-c4cccc(C)c4)c3)c3ccccc3-c3ccccc32)cc1. The van der Waals surface area contributed by atoms with E-state index in [1.54, 1.807) is 0 Å². The molecule has 5 aromatic carbocycles. The summed E-state index contributed by atoms with van der Waals surface area (Å²) in [5, 5.41) is 0. The van der Waals surface area contributed by atoms with Gasteiger partial charge in [-0.15, -0.1) is 0 Å². The molecule has 158 valence electrons. The van der Waals surface area contributed by atoms with Crippen molar-refractivity contribution in [3.63, 3.8) is 0 Å². The van der Waals surface area contributed by atoms with Crippen LogP contribution in [0.3, 0.4) is 0 Å². The molecule has 0 bridgehead atoms. The molecule has 1 aliphatic carbocycles. The zero-order valence-corrected chi connectivity index (χ0v) is 19.0. The van der Waals surface area contributed by atoms with E-state index in [0.29, 0.717) is 0 Å². The first kappa shape index (κ1) is 19.8. The lowest BCUT2D eigenvalue weighted by Gasteiger charge is -2.34. The van der Waals surface area contributed by atoms with Crippen molar-refractivity contribution in [3.8, 4) is 22.3 Å². The monoisotopic (exact) mass is 422 g/mol. The molecular formula is C33H26. The Morgan fingerprint density at radius 1 is 0.424 bits per heavy atom. The summed E-state index contributed by atoms with van der Waals surface area (Å²) in [6, 6.07) is 44.9. The molecule has 0 aliphatic heterocycles. The third kappa shape index (κ3) is 2.98. The second-order valence-corrected chi connectivity index (χ2v) is 9.16. The van der Waals surface area contributed by atoms with Crippen LogP contribution in [0, 0.1) is 13.8 Å². The van der Waals surface area contributed by atoms with E-state index in [9.17, 15) is 0 Å². The van der Waals surface area contributed by atoms with Crippen LogP contribution in [0.4, 0.5) is 0 Å². The highest BCUT2D eigenvalue weighted by Gasteiger charge is 2.45. The number of rotatable bonds is 3. The topological polar surface area (TPSA) is 0 Å². The van der Waals surface area contributed by atoms with Gasteiger partial charge in [-0.2, -0.15) is 0 Å². The Kier molecular flexibility index (Phi) is 4.55. The third-order valence-electron chi connectivity index (χ3n) is 7.08. The fourth-order valence-corrected chi connectivity index (χ4v) is 5.58. The first-order valence-corrected chi connectivity index (χ1v) is 11.6. The Bertz CT molecular complexity index is 1420. The quantitative estimate of drug-likeness (QED) is 0.269. The maximum atomic E-state index is 2.40. The van der Waals surface area contributed by atoms with Gasteiger partial charge in [-0.1, -0.05) is 126 Å². The summed E-state index contributed by atoms with van der Waals surface area (Å²) in [4.78, 5) is 0. The standard InChI is InChI=1S/C33H26/c1-23-17-19-27(20-18-23)33(28-12-8-11-26(22-28)25-10-7-9-24(2)21-25)31-15-5-3-13-29(31)30-14-4-6-16-32(30)33/h3-22H,1-2H3. The van der Waals surface area contributed by atoms with Crippen LogP contribution in [0.15, 0.2) is 121 Å². The number of hydrogen-bond acceptors (Lipinski definition) is 0. The van der Waals surface area contributed by atoms with Gasteiger partial charge in [0, 0.05) is 0 Å². The van der Waals surface area contributed by atoms with Gasteiger partial charge < -0.3 is 0 Å². The van der Waals surface area contributed by atoms with E-state index >= 15 is 0 Å². The van der Waals surface area contributed by atoms with E-state index in [1.165, 1.54) is 55.6 Å². The van der Waals surface area contributed by atoms with Crippen LogP contribution in [0.25, 0.3) is 22.3 Å². The summed E-state index contributed by atoms with van der Waals surface area (Å²) in [5.74, 6) is 0. The van der Waals surface area contributed by atoms with Gasteiger partial charge in [-0.3, -0.25) is 0 Å². The molecule has 1 aliphatic rings. The largest absolute Gasteiger partial charge is 0.0713 e. The summed E-state index contributed by atoms with van der Waals surface area (Å²) in [6.45, 7) is 4.32. The van der Waals surface area contributed by atoms with E-state index < -0.39 is 0 Å². The number of fused-ring (bicyclic) bond motifs is 3. The molecule has 0 radical (unpaired) electrons. The molecule has 33 heavy (non-hydrogen) atoms. The molecule has 0 fully saturated rings. The fourth-order valence-electron chi connectivity index (χ4n) is 5.58. The predicted molar refractivity (Wildman–Crippen MR) is 139 cm³/mol. The minimum atomic E-state index is -0.347. The molecule has 0 atom stereocenters. The summed E-state index contributed by atoms with van der Waals surface area (Å²) < 4.78 is 0. The normalized spacial score (nSPS) is 13.4. The number of benzene rings is 5. The summed E-state index contributed by atoms with van der Waals surface area (Å²) >= 11 is 0. The van der Waals surface area contributed by atoms with Crippen molar-refractivity contribution >= 4 is 0 Å². The molecule has 0 saturated carbocycles. The molecule has 0 saturated heterocycles. The number of aryl methyl sites for hydroxylation is 2. The minimum absolute atomic E-state index is 0.347. The van der Waals surface area contributed by atoms with Crippen LogP contribution in [0.5, 0.6) is 0 Å². The highest BCUT2D eigenvalue weighted by molar-refractivity contribution is 5.86. The van der Waals surface area contributed by atoms with Crippen molar-refractivity contribution in [3.05, 3.63) is 155 Å². The molecule has 0 nitrogen and oxygen atoms in total. The van der Waals surface area contributed by atoms with Gasteiger partial charge in [0.2, 0.25) is 0 Å². The van der Waals surface area contributed by atoms with Gasteiger partial charge in [0.15, 0.2) is 0 Å². The first-order chi connectivity index (χ1) is 16.2. The van der Waals surface area contributed by atoms with Crippen molar-refractivity contribution < 1.29 is 0 Å². The van der Waals surface area contributed by atoms with E-state index in [4.69, 9.17) is 0 Å². The molecule has 0 aromatic heterocycles. The Labute approximate surface area is 196 Å². The molecule has 6 rings (SSSR count). The van der Waals surface area contributed by atoms with Crippen LogP contribution in [-0.4, -0.2) is 0 Å². The lowest BCUT2D eigenvalue weighted by atomic mass is 9.67. The van der Waals surface area contributed by atoms with Crippen molar-refractivity contribution in [2.75, 3.05) is 0 Å². The zero-order valence-electron chi connectivity index (χ0n) is 19.0. The molecule has 0 spiro atoms. The molecule has 5 aromatic rings. The Balaban J connectivity index is 1.70. The van der Waals surface area contributed by atoms with E-state index in [0.717, 1.165) is 0 Å². The zero-order chi connectivity index (χ0) is 22.4. The Morgan fingerprint density at radius 3 is 1.64 bits per heavy atom. The summed E-state index contributed by atoms with van der Waals surface area (Å²) in [7, 11) is 0. The van der Waals surface area contributed by atoms with Gasteiger partial charge in [0.05, 0.1) is 5.41 Å².